The van der Waals surface area contributed by atoms with Crippen LogP contribution in [0.4, 0.5) is 5.69 Å². The predicted molar refractivity (Wildman–Crippen MR) is 77.9 cm³/mol. The first-order valence-electron chi connectivity index (χ1n) is 5.33. The van der Waals surface area contributed by atoms with Gasteiger partial charge in [-0.3, -0.25) is 4.72 Å². The monoisotopic (exact) mass is 394 g/mol. The van der Waals surface area contributed by atoms with E-state index in [9.17, 15) is 13.2 Å². The third kappa shape index (κ3) is 3.17. The topological polar surface area (TPSA) is 114 Å². The summed E-state index contributed by atoms with van der Waals surface area (Å²) in [6.45, 7) is 0. The molecule has 8 nitrogen and oxygen atoms in total. The highest BCUT2D eigenvalue weighted by molar-refractivity contribution is 9.10. The van der Waals surface area contributed by atoms with Crippen LogP contribution in [0, 0.1) is 0 Å². The summed E-state index contributed by atoms with van der Waals surface area (Å²) in [6, 6.07) is 3.65. The van der Waals surface area contributed by atoms with E-state index in [-0.39, 0.29) is 25.9 Å². The van der Waals surface area contributed by atoms with E-state index in [1.165, 1.54) is 19.2 Å². The normalized spacial score (nSPS) is 11.4. The lowest BCUT2D eigenvalue weighted by molar-refractivity contribution is 0.0697. The molecule has 2 N–H and O–H groups in total. The standard InChI is InChI=1S/C10H8BrClN4O4S/c1-16-9(8(11)13-15-16)21(19,20)14-7-3-2-5(10(17)18)4-6(7)12/h2-4,14H,1H3,(H,17,18). The number of aryl methyl sites for hydroxylation is 1. The smallest absolute Gasteiger partial charge is 0.335 e. The number of carboxylic acid groups (broad SMARTS) is 1. The van der Waals surface area contributed by atoms with Crippen molar-refractivity contribution in [3.8, 4) is 0 Å². The summed E-state index contributed by atoms with van der Waals surface area (Å²) >= 11 is 8.87. The maximum atomic E-state index is 12.3. The van der Waals surface area contributed by atoms with E-state index in [0.29, 0.717) is 0 Å². The van der Waals surface area contributed by atoms with E-state index < -0.39 is 16.0 Å². The summed E-state index contributed by atoms with van der Waals surface area (Å²) in [6.07, 6.45) is 0. The van der Waals surface area contributed by atoms with Crippen molar-refractivity contribution in [2.45, 2.75) is 5.03 Å². The molecule has 0 unspecified atom stereocenters. The van der Waals surface area contributed by atoms with E-state index >= 15 is 0 Å². The van der Waals surface area contributed by atoms with Crippen molar-refractivity contribution in [3.05, 3.63) is 33.4 Å². The minimum Gasteiger partial charge on any atom is -0.478 e. The van der Waals surface area contributed by atoms with Crippen LogP contribution in [0.25, 0.3) is 0 Å². The summed E-state index contributed by atoms with van der Waals surface area (Å²) in [4.78, 5) is 10.8. The number of rotatable bonds is 4. The largest absolute Gasteiger partial charge is 0.478 e. The van der Waals surface area contributed by atoms with Gasteiger partial charge >= 0.3 is 5.97 Å². The minimum absolute atomic E-state index is 0.0373. The molecule has 0 atom stereocenters. The average Bonchev–Trinajstić information content (AvgIpc) is 2.71. The molecule has 0 fully saturated rings. The molecule has 21 heavy (non-hydrogen) atoms. The summed E-state index contributed by atoms with van der Waals surface area (Å²) in [5.41, 5.74) is 0.00101. The van der Waals surface area contributed by atoms with Crippen LogP contribution in [0.15, 0.2) is 27.8 Å². The zero-order chi connectivity index (χ0) is 15.8. The van der Waals surface area contributed by atoms with Crippen LogP contribution in [0.1, 0.15) is 10.4 Å². The van der Waals surface area contributed by atoms with Crippen molar-refractivity contribution in [2.75, 3.05) is 4.72 Å². The number of sulfonamides is 1. The molecule has 0 aliphatic carbocycles. The number of carbonyl (C=O) groups is 1. The van der Waals surface area contributed by atoms with Crippen LogP contribution in [-0.2, 0) is 17.1 Å². The van der Waals surface area contributed by atoms with Gasteiger partial charge in [-0.05, 0) is 34.1 Å². The first-order valence-corrected chi connectivity index (χ1v) is 7.98. The fourth-order valence-corrected chi connectivity index (χ4v) is 3.99. The van der Waals surface area contributed by atoms with Gasteiger partial charge in [-0.25, -0.2) is 9.48 Å². The van der Waals surface area contributed by atoms with Crippen LogP contribution < -0.4 is 4.72 Å². The number of halogens is 2. The number of carboxylic acids is 1. The molecule has 2 rings (SSSR count). The molecule has 0 radical (unpaired) electrons. The molecule has 1 aromatic carbocycles. The van der Waals surface area contributed by atoms with Crippen molar-refractivity contribution in [2.24, 2.45) is 7.05 Å². The molecule has 1 aromatic heterocycles. The lowest BCUT2D eigenvalue weighted by Crippen LogP contribution is -2.17. The van der Waals surface area contributed by atoms with E-state index in [0.717, 1.165) is 10.7 Å². The van der Waals surface area contributed by atoms with E-state index in [2.05, 4.69) is 31.0 Å². The van der Waals surface area contributed by atoms with Crippen molar-refractivity contribution in [1.29, 1.82) is 0 Å². The second kappa shape index (κ2) is 5.62. The number of anilines is 1. The number of aromatic nitrogens is 3. The molecule has 0 bridgehead atoms. The lowest BCUT2D eigenvalue weighted by Gasteiger charge is -2.10. The Morgan fingerprint density at radius 3 is 2.62 bits per heavy atom. The van der Waals surface area contributed by atoms with E-state index in [4.69, 9.17) is 16.7 Å². The molecule has 112 valence electrons. The number of aromatic carboxylic acids is 1. The van der Waals surface area contributed by atoms with Crippen LogP contribution in [0.2, 0.25) is 5.02 Å². The highest BCUT2D eigenvalue weighted by atomic mass is 79.9. The zero-order valence-electron chi connectivity index (χ0n) is 10.4. The van der Waals surface area contributed by atoms with Crippen molar-refractivity contribution in [1.82, 2.24) is 15.0 Å². The van der Waals surface area contributed by atoms with Crippen molar-refractivity contribution >= 4 is 49.2 Å². The highest BCUT2D eigenvalue weighted by Gasteiger charge is 2.25. The third-order valence-electron chi connectivity index (χ3n) is 2.45. The van der Waals surface area contributed by atoms with Gasteiger partial charge in [0.2, 0.25) is 5.03 Å². The highest BCUT2D eigenvalue weighted by Crippen LogP contribution is 2.27. The SMILES string of the molecule is Cn1nnc(Br)c1S(=O)(=O)Nc1ccc(C(=O)O)cc1Cl. The van der Waals surface area contributed by atoms with Crippen LogP contribution in [0.5, 0.6) is 0 Å². The summed E-state index contributed by atoms with van der Waals surface area (Å²) in [7, 11) is -2.56. The molecule has 2 aromatic rings. The quantitative estimate of drug-likeness (QED) is 0.815. The molecular weight excluding hydrogens is 388 g/mol. The van der Waals surface area contributed by atoms with E-state index in [1.807, 2.05) is 0 Å². The molecular formula is C10H8BrClN4O4S. The molecule has 0 spiro atoms. The van der Waals surface area contributed by atoms with Crippen LogP contribution >= 0.6 is 27.5 Å². The Labute approximate surface area is 132 Å². The molecule has 0 saturated carbocycles. The number of benzene rings is 1. The second-order valence-corrected chi connectivity index (χ2v) is 6.67. The molecule has 0 aliphatic heterocycles. The third-order valence-corrected chi connectivity index (χ3v) is 5.02. The van der Waals surface area contributed by atoms with Crippen molar-refractivity contribution < 1.29 is 18.3 Å². The number of nitrogens with one attached hydrogen (secondary N) is 1. The van der Waals surface area contributed by atoms with Gasteiger partial charge in [0, 0.05) is 7.05 Å². The first kappa shape index (κ1) is 15.7. The van der Waals surface area contributed by atoms with Gasteiger partial charge in [0.1, 0.15) is 0 Å². The Morgan fingerprint density at radius 2 is 2.14 bits per heavy atom. The summed E-state index contributed by atoms with van der Waals surface area (Å²) in [5, 5.41) is 15.8. The van der Waals surface area contributed by atoms with Crippen molar-refractivity contribution in [3.63, 3.8) is 0 Å². The van der Waals surface area contributed by atoms with Gasteiger partial charge in [-0.1, -0.05) is 16.8 Å². The Hall–Kier alpha value is -1.65. The maximum Gasteiger partial charge on any atom is 0.335 e. The van der Waals surface area contributed by atoms with Gasteiger partial charge < -0.3 is 5.11 Å². The van der Waals surface area contributed by atoms with Crippen LogP contribution in [-0.4, -0.2) is 34.5 Å². The number of hydrogen-bond donors (Lipinski definition) is 2. The summed E-state index contributed by atoms with van der Waals surface area (Å²) in [5.74, 6) is -1.16. The maximum absolute atomic E-state index is 12.3. The van der Waals surface area contributed by atoms with Gasteiger partial charge in [0.25, 0.3) is 10.0 Å². The van der Waals surface area contributed by atoms with Crippen LogP contribution in [0.3, 0.4) is 0 Å². The Bertz CT molecular complexity index is 801. The number of hydrogen-bond acceptors (Lipinski definition) is 5. The summed E-state index contributed by atoms with van der Waals surface area (Å²) < 4.78 is 27.9. The van der Waals surface area contributed by atoms with Gasteiger partial charge in [-0.15, -0.1) is 5.10 Å². The van der Waals surface area contributed by atoms with E-state index in [1.54, 1.807) is 0 Å². The minimum atomic E-state index is -3.98. The predicted octanol–water partition coefficient (Wildman–Crippen LogP) is 1.73. The molecule has 0 saturated heterocycles. The lowest BCUT2D eigenvalue weighted by atomic mass is 10.2. The Morgan fingerprint density at radius 1 is 1.48 bits per heavy atom. The molecule has 1 heterocycles. The van der Waals surface area contributed by atoms with Gasteiger partial charge in [-0.2, -0.15) is 8.42 Å². The first-order chi connectivity index (χ1) is 9.72. The second-order valence-electron chi connectivity index (χ2n) is 3.91. The number of nitrogens with zero attached hydrogens (tertiary/aromatic N) is 3. The zero-order valence-corrected chi connectivity index (χ0v) is 13.6. The molecule has 0 aliphatic rings. The fourth-order valence-electron chi connectivity index (χ4n) is 1.53. The fraction of sp³-hybridized carbons (Fsp3) is 0.100. The molecule has 0 amide bonds. The molecule has 11 heteroatoms. The van der Waals surface area contributed by atoms with Gasteiger partial charge in [0.15, 0.2) is 4.60 Å². The Kier molecular flexibility index (Phi) is 4.21. The average molecular weight is 396 g/mol. The Balaban J connectivity index is 2.40. The van der Waals surface area contributed by atoms with Gasteiger partial charge in [0.05, 0.1) is 16.3 Å².